The minimum Gasteiger partial charge on any atom is -0.377 e. The zero-order chi connectivity index (χ0) is 19.9. The van der Waals surface area contributed by atoms with Gasteiger partial charge < -0.3 is 18.9 Å². The Hall–Kier alpha value is -1.61. The molecule has 0 N–H and O–H groups in total. The molecular weight excluding hydrogens is 350 g/mol. The lowest BCUT2D eigenvalue weighted by molar-refractivity contribution is -0.115. The maximum absolute atomic E-state index is 11.5. The molecule has 1 aromatic heterocycles. The number of carbonyl (C=O) groups excluding carboxylic acids is 1. The van der Waals surface area contributed by atoms with Gasteiger partial charge in [0.25, 0.3) is 0 Å². The Morgan fingerprint density at radius 3 is 2.37 bits per heavy atom. The number of hydrogen-bond acceptors (Lipinski definition) is 7. The molecule has 0 aromatic carbocycles. The van der Waals surface area contributed by atoms with E-state index in [0.29, 0.717) is 64.8 Å². The summed E-state index contributed by atoms with van der Waals surface area (Å²) >= 11 is 0. The molecule has 0 fully saturated rings. The monoisotopic (exact) mass is 383 g/mol. The van der Waals surface area contributed by atoms with E-state index in [1.165, 1.54) is 0 Å². The van der Waals surface area contributed by atoms with E-state index in [2.05, 4.69) is 16.9 Å². The molecule has 0 saturated heterocycles. The third-order valence-corrected chi connectivity index (χ3v) is 3.53. The Morgan fingerprint density at radius 1 is 1.11 bits per heavy atom. The number of ketones is 1. The Balaban J connectivity index is 1.96. The summed E-state index contributed by atoms with van der Waals surface area (Å²) in [5.41, 5.74) is 1.35. The van der Waals surface area contributed by atoms with Gasteiger partial charge >= 0.3 is 0 Å². The molecule has 8 heteroatoms. The van der Waals surface area contributed by atoms with Gasteiger partial charge in [0, 0.05) is 13.0 Å². The average Bonchev–Trinajstić information content (AvgIpc) is 3.06. The molecule has 0 bridgehead atoms. The van der Waals surface area contributed by atoms with Gasteiger partial charge in [-0.25, -0.2) is 0 Å². The number of nitrogens with zero attached hydrogens (tertiary/aromatic N) is 3. The minimum absolute atomic E-state index is 0.0907. The molecular formula is C19H33N3O5. The molecule has 1 aromatic rings. The summed E-state index contributed by atoms with van der Waals surface area (Å²) < 4.78 is 23.4. The van der Waals surface area contributed by atoms with Gasteiger partial charge in [0.15, 0.2) is 5.78 Å². The highest BCUT2D eigenvalue weighted by Crippen LogP contribution is 2.02. The van der Waals surface area contributed by atoms with Gasteiger partial charge in [-0.05, 0) is 32.8 Å². The first-order valence-corrected chi connectivity index (χ1v) is 9.41. The van der Waals surface area contributed by atoms with E-state index in [0.717, 1.165) is 12.1 Å². The molecule has 0 saturated carbocycles. The first kappa shape index (κ1) is 23.4. The summed E-state index contributed by atoms with van der Waals surface area (Å²) in [5.74, 6) is 0.0907. The number of hydrogen-bond donors (Lipinski definition) is 0. The molecule has 1 rings (SSSR count). The van der Waals surface area contributed by atoms with Crippen molar-refractivity contribution in [3.8, 4) is 0 Å². The molecule has 154 valence electrons. The predicted molar refractivity (Wildman–Crippen MR) is 101 cm³/mol. The van der Waals surface area contributed by atoms with Crippen LogP contribution in [0.4, 0.5) is 0 Å². The molecule has 0 unspecified atom stereocenters. The third-order valence-electron chi connectivity index (χ3n) is 3.53. The quantitative estimate of drug-likeness (QED) is 0.301. The largest absolute Gasteiger partial charge is 0.377 e. The first-order chi connectivity index (χ1) is 13.0. The van der Waals surface area contributed by atoms with Gasteiger partial charge in [0.1, 0.15) is 5.69 Å². The lowest BCUT2D eigenvalue weighted by atomic mass is 10.1. The van der Waals surface area contributed by atoms with Crippen molar-refractivity contribution in [1.29, 1.82) is 0 Å². The topological polar surface area (TPSA) is 84.7 Å². The Labute approximate surface area is 161 Å². The van der Waals surface area contributed by atoms with Crippen LogP contribution in [-0.4, -0.2) is 66.5 Å². The van der Waals surface area contributed by atoms with Crippen molar-refractivity contribution < 1.29 is 23.7 Å². The second-order valence-electron chi connectivity index (χ2n) is 6.48. The van der Waals surface area contributed by atoms with E-state index < -0.39 is 0 Å². The van der Waals surface area contributed by atoms with Crippen LogP contribution >= 0.6 is 0 Å². The summed E-state index contributed by atoms with van der Waals surface area (Å²) in [6.07, 6.45) is 3.26. The molecule has 27 heavy (non-hydrogen) atoms. The second-order valence-corrected chi connectivity index (χ2v) is 6.48. The van der Waals surface area contributed by atoms with Crippen molar-refractivity contribution >= 4 is 5.78 Å². The van der Waals surface area contributed by atoms with E-state index >= 15 is 0 Å². The maximum Gasteiger partial charge on any atom is 0.158 e. The highest BCUT2D eigenvalue weighted by Gasteiger charge is 2.04. The van der Waals surface area contributed by atoms with Crippen molar-refractivity contribution in [2.45, 2.75) is 52.9 Å². The normalized spacial score (nSPS) is 11.3. The van der Waals surface area contributed by atoms with Crippen molar-refractivity contribution in [2.75, 3.05) is 39.6 Å². The second kappa shape index (κ2) is 14.4. The zero-order valence-corrected chi connectivity index (χ0v) is 16.8. The minimum atomic E-state index is 0.0907. The van der Waals surface area contributed by atoms with Crippen LogP contribution in [0, 0.1) is 0 Å². The van der Waals surface area contributed by atoms with Crippen molar-refractivity contribution in [3.63, 3.8) is 0 Å². The van der Waals surface area contributed by atoms with E-state index in [-0.39, 0.29) is 11.9 Å². The highest BCUT2D eigenvalue weighted by molar-refractivity contribution is 5.93. The third kappa shape index (κ3) is 12.4. The smallest absolute Gasteiger partial charge is 0.158 e. The molecule has 0 aliphatic rings. The fourth-order valence-electron chi connectivity index (χ4n) is 2.09. The van der Waals surface area contributed by atoms with Crippen LogP contribution in [0.15, 0.2) is 18.3 Å². The molecule has 8 nitrogen and oxygen atoms in total. The molecule has 0 amide bonds. The van der Waals surface area contributed by atoms with E-state index in [4.69, 9.17) is 18.9 Å². The van der Waals surface area contributed by atoms with Gasteiger partial charge in [-0.2, -0.15) is 0 Å². The van der Waals surface area contributed by atoms with Crippen LogP contribution < -0.4 is 0 Å². The van der Waals surface area contributed by atoms with Crippen molar-refractivity contribution in [2.24, 2.45) is 0 Å². The van der Waals surface area contributed by atoms with Crippen molar-refractivity contribution in [3.05, 3.63) is 24.0 Å². The van der Waals surface area contributed by atoms with Crippen LogP contribution in [0.1, 0.15) is 39.3 Å². The Bertz CT molecular complexity index is 545. The molecule has 0 spiro atoms. The number of allylic oxidation sites excluding steroid dienone is 1. The lowest BCUT2D eigenvalue weighted by Crippen LogP contribution is -2.13. The van der Waals surface area contributed by atoms with E-state index in [1.807, 2.05) is 20.0 Å². The zero-order valence-electron chi connectivity index (χ0n) is 16.8. The number of aryl methyl sites for hydroxylation is 1. The van der Waals surface area contributed by atoms with Crippen LogP contribution in [0.5, 0.6) is 0 Å². The maximum atomic E-state index is 11.5. The molecule has 0 radical (unpaired) electrons. The predicted octanol–water partition coefficient (Wildman–Crippen LogP) is 2.18. The van der Waals surface area contributed by atoms with Crippen LogP contribution in [0.3, 0.4) is 0 Å². The summed E-state index contributed by atoms with van der Waals surface area (Å²) in [7, 11) is 0. The summed E-state index contributed by atoms with van der Waals surface area (Å²) in [6.45, 7) is 13.6. The number of aromatic nitrogens is 3. The lowest BCUT2D eigenvalue weighted by Gasteiger charge is -2.08. The summed E-state index contributed by atoms with van der Waals surface area (Å²) in [4.78, 5) is 11.5. The van der Waals surface area contributed by atoms with Crippen LogP contribution in [-0.2, 0) is 36.9 Å². The fraction of sp³-hybridized carbons (Fsp3) is 0.737. The van der Waals surface area contributed by atoms with Crippen molar-refractivity contribution in [1.82, 2.24) is 15.0 Å². The number of Topliss-reactive ketones (excluding diaryl/α,β-unsaturated/α-hetero) is 1. The fourth-order valence-corrected chi connectivity index (χ4v) is 2.09. The van der Waals surface area contributed by atoms with Crippen LogP contribution in [0.25, 0.3) is 0 Å². The van der Waals surface area contributed by atoms with E-state index in [1.54, 1.807) is 11.6 Å². The van der Waals surface area contributed by atoms with Gasteiger partial charge in [-0.15, -0.1) is 5.10 Å². The Morgan fingerprint density at radius 2 is 1.74 bits per heavy atom. The van der Waals surface area contributed by atoms with E-state index in [9.17, 15) is 4.79 Å². The number of carbonyl (C=O) groups is 1. The first-order valence-electron chi connectivity index (χ1n) is 9.41. The Kier molecular flexibility index (Phi) is 12.5. The van der Waals surface area contributed by atoms with Gasteiger partial charge in [0.05, 0.1) is 58.5 Å². The standard InChI is InChI=1S/C19H33N3O5/c1-16(2)19(23)6-5-7-22-14-18(20-21-22)15-26-11-10-24-8-9-25-12-13-27-17(3)4/h14,17H,1,5-13,15H2,2-4H3. The molecule has 0 atom stereocenters. The highest BCUT2D eigenvalue weighted by atomic mass is 16.6. The SMILES string of the molecule is C=C(C)C(=O)CCCn1cc(COCCOCCOCCOC(C)C)nn1. The molecule has 0 aliphatic carbocycles. The molecule has 1 heterocycles. The van der Waals surface area contributed by atoms with Gasteiger partial charge in [-0.3, -0.25) is 9.48 Å². The summed E-state index contributed by atoms with van der Waals surface area (Å²) in [5, 5.41) is 8.08. The van der Waals surface area contributed by atoms with Gasteiger partial charge in [-0.1, -0.05) is 11.8 Å². The average molecular weight is 383 g/mol. The molecule has 0 aliphatic heterocycles. The van der Waals surface area contributed by atoms with Crippen LogP contribution in [0.2, 0.25) is 0 Å². The number of ether oxygens (including phenoxy) is 4. The number of rotatable bonds is 17. The summed E-state index contributed by atoms with van der Waals surface area (Å²) in [6, 6.07) is 0. The van der Waals surface area contributed by atoms with Gasteiger partial charge in [0.2, 0.25) is 0 Å².